The molecule has 2 unspecified atom stereocenters. The summed E-state index contributed by atoms with van der Waals surface area (Å²) >= 11 is 0. The highest BCUT2D eigenvalue weighted by Gasteiger charge is 2.52. The summed E-state index contributed by atoms with van der Waals surface area (Å²) in [6, 6.07) is 4.36. The molecule has 23 heavy (non-hydrogen) atoms. The van der Waals surface area contributed by atoms with E-state index in [1.165, 1.54) is 18.2 Å². The number of carboxylic acid groups (broad SMARTS) is 1. The highest BCUT2D eigenvalue weighted by molar-refractivity contribution is 6.03. The van der Waals surface area contributed by atoms with Gasteiger partial charge < -0.3 is 10.8 Å². The van der Waals surface area contributed by atoms with Crippen LogP contribution in [-0.2, 0) is 15.8 Å². The zero-order chi connectivity index (χ0) is 17.4. The summed E-state index contributed by atoms with van der Waals surface area (Å²) in [5, 5.41) is 9.55. The van der Waals surface area contributed by atoms with Gasteiger partial charge in [0.05, 0.1) is 5.56 Å². The molecule has 0 spiro atoms. The summed E-state index contributed by atoms with van der Waals surface area (Å²) in [6.07, 6.45) is -2.72. The number of carbonyl (C=O) groups is 2. The monoisotopic (exact) mass is 327 g/mol. The molecule has 4 nitrogen and oxygen atoms in total. The molecule has 2 rings (SSSR count). The van der Waals surface area contributed by atoms with E-state index >= 15 is 0 Å². The van der Waals surface area contributed by atoms with Crippen molar-refractivity contribution in [1.29, 1.82) is 0 Å². The van der Waals surface area contributed by atoms with Crippen LogP contribution >= 0.6 is 0 Å². The fourth-order valence-electron chi connectivity index (χ4n) is 2.97. The molecule has 1 aromatic carbocycles. The summed E-state index contributed by atoms with van der Waals surface area (Å²) < 4.78 is 38.7. The van der Waals surface area contributed by atoms with E-state index in [0.29, 0.717) is 6.42 Å². The second kappa shape index (κ2) is 5.72. The summed E-state index contributed by atoms with van der Waals surface area (Å²) in [5.41, 5.74) is 3.42. The zero-order valence-corrected chi connectivity index (χ0v) is 12.4. The van der Waals surface area contributed by atoms with Crippen molar-refractivity contribution in [2.75, 3.05) is 0 Å². The molecule has 0 saturated heterocycles. The number of primary amides is 1. The predicted molar refractivity (Wildman–Crippen MR) is 76.4 cm³/mol. The largest absolute Gasteiger partial charge is 0.480 e. The molecule has 1 aliphatic rings. The Morgan fingerprint density at radius 2 is 2.00 bits per heavy atom. The van der Waals surface area contributed by atoms with E-state index in [4.69, 9.17) is 5.73 Å². The van der Waals surface area contributed by atoms with E-state index in [9.17, 15) is 27.9 Å². The van der Waals surface area contributed by atoms with Crippen LogP contribution in [0.2, 0.25) is 0 Å². The van der Waals surface area contributed by atoms with Crippen LogP contribution < -0.4 is 5.73 Å². The summed E-state index contributed by atoms with van der Waals surface area (Å²) in [6.45, 7) is 1.74. The number of nitrogens with two attached hydrogens (primary N) is 1. The normalized spacial score (nSPS) is 24.9. The molecule has 124 valence electrons. The Kier molecular flexibility index (Phi) is 4.24. The second-order valence-electron chi connectivity index (χ2n) is 5.75. The maximum atomic E-state index is 12.9. The summed E-state index contributed by atoms with van der Waals surface area (Å²) in [7, 11) is 0. The SMILES string of the molecule is CC1=CC(c2cccc(C(F)(F)F)c2)C(C(N)=O)(C(=O)O)CC1. The number of halogens is 3. The van der Waals surface area contributed by atoms with Gasteiger partial charge in [0.25, 0.3) is 0 Å². The van der Waals surface area contributed by atoms with Crippen LogP contribution in [0, 0.1) is 5.41 Å². The summed E-state index contributed by atoms with van der Waals surface area (Å²) in [5.74, 6) is -3.50. The predicted octanol–water partition coefficient (Wildman–Crippen LogP) is 3.09. The molecule has 2 atom stereocenters. The molecule has 0 aliphatic heterocycles. The molecule has 3 N–H and O–H groups in total. The highest BCUT2D eigenvalue weighted by Crippen LogP contribution is 2.47. The van der Waals surface area contributed by atoms with Crippen molar-refractivity contribution in [3.05, 3.63) is 47.0 Å². The van der Waals surface area contributed by atoms with Crippen LogP contribution in [0.1, 0.15) is 36.8 Å². The molecule has 1 aliphatic carbocycles. The number of aliphatic carboxylic acids is 1. The minimum absolute atomic E-state index is 0.0408. The van der Waals surface area contributed by atoms with Crippen molar-refractivity contribution in [1.82, 2.24) is 0 Å². The van der Waals surface area contributed by atoms with Crippen LogP contribution in [0.4, 0.5) is 13.2 Å². The van der Waals surface area contributed by atoms with E-state index in [1.807, 2.05) is 0 Å². The topological polar surface area (TPSA) is 80.4 Å². The molecule has 1 amide bonds. The third-order valence-corrected chi connectivity index (χ3v) is 4.29. The maximum absolute atomic E-state index is 12.9. The fourth-order valence-corrected chi connectivity index (χ4v) is 2.97. The molecule has 0 radical (unpaired) electrons. The quantitative estimate of drug-likeness (QED) is 0.661. The third kappa shape index (κ3) is 2.95. The van der Waals surface area contributed by atoms with E-state index in [1.54, 1.807) is 6.92 Å². The van der Waals surface area contributed by atoms with Gasteiger partial charge in [-0.1, -0.05) is 29.8 Å². The molecule has 7 heteroatoms. The van der Waals surface area contributed by atoms with E-state index in [2.05, 4.69) is 0 Å². The number of hydrogen-bond acceptors (Lipinski definition) is 2. The maximum Gasteiger partial charge on any atom is 0.416 e. The van der Waals surface area contributed by atoms with Gasteiger partial charge in [0.15, 0.2) is 5.41 Å². The van der Waals surface area contributed by atoms with Crippen LogP contribution in [0.5, 0.6) is 0 Å². The Hall–Kier alpha value is -2.31. The van der Waals surface area contributed by atoms with Gasteiger partial charge in [0.2, 0.25) is 5.91 Å². The van der Waals surface area contributed by atoms with Crippen molar-refractivity contribution in [2.24, 2.45) is 11.1 Å². The minimum atomic E-state index is -4.55. The lowest BCUT2D eigenvalue weighted by molar-refractivity contribution is -0.156. The van der Waals surface area contributed by atoms with Gasteiger partial charge in [-0.2, -0.15) is 13.2 Å². The Bertz CT molecular complexity index is 665. The number of hydrogen-bond donors (Lipinski definition) is 2. The van der Waals surface area contributed by atoms with Gasteiger partial charge in [0.1, 0.15) is 0 Å². The fraction of sp³-hybridized carbons (Fsp3) is 0.375. The average molecular weight is 327 g/mol. The Morgan fingerprint density at radius 3 is 2.52 bits per heavy atom. The zero-order valence-electron chi connectivity index (χ0n) is 12.4. The highest BCUT2D eigenvalue weighted by atomic mass is 19.4. The summed E-state index contributed by atoms with van der Waals surface area (Å²) in [4.78, 5) is 23.6. The Morgan fingerprint density at radius 1 is 1.35 bits per heavy atom. The third-order valence-electron chi connectivity index (χ3n) is 4.29. The molecule has 0 heterocycles. The lowest BCUT2D eigenvalue weighted by atomic mass is 9.64. The molecule has 0 aromatic heterocycles. The van der Waals surface area contributed by atoms with Gasteiger partial charge >= 0.3 is 12.1 Å². The van der Waals surface area contributed by atoms with Gasteiger partial charge in [-0.15, -0.1) is 0 Å². The van der Waals surface area contributed by atoms with Gasteiger partial charge in [-0.3, -0.25) is 9.59 Å². The van der Waals surface area contributed by atoms with Crippen LogP contribution in [-0.4, -0.2) is 17.0 Å². The van der Waals surface area contributed by atoms with E-state index in [-0.39, 0.29) is 12.0 Å². The lowest BCUT2D eigenvalue weighted by Crippen LogP contribution is -2.49. The van der Waals surface area contributed by atoms with Crippen molar-refractivity contribution >= 4 is 11.9 Å². The molecular weight excluding hydrogens is 311 g/mol. The second-order valence-corrected chi connectivity index (χ2v) is 5.75. The molecule has 0 fully saturated rings. The average Bonchev–Trinajstić information content (AvgIpc) is 2.46. The lowest BCUT2D eigenvalue weighted by Gasteiger charge is -2.37. The Labute approximate surface area is 130 Å². The number of rotatable bonds is 3. The van der Waals surface area contributed by atoms with E-state index < -0.39 is 34.9 Å². The molecular formula is C16H16F3NO3. The molecule has 0 bridgehead atoms. The number of allylic oxidation sites excluding steroid dienone is 2. The van der Waals surface area contributed by atoms with Crippen molar-refractivity contribution in [2.45, 2.75) is 31.9 Å². The first-order chi connectivity index (χ1) is 10.6. The van der Waals surface area contributed by atoms with Crippen molar-refractivity contribution in [3.8, 4) is 0 Å². The molecule has 0 saturated carbocycles. The first-order valence-corrected chi connectivity index (χ1v) is 6.97. The standard InChI is InChI=1S/C16H16F3NO3/c1-9-5-6-15(13(20)21,14(22)23)12(7-9)10-3-2-4-11(8-10)16(17,18)19/h2-4,7-8,12H,5-6H2,1H3,(H2,20,21)(H,22,23). The first kappa shape index (κ1) is 17.1. The van der Waals surface area contributed by atoms with Gasteiger partial charge in [-0.25, -0.2) is 0 Å². The van der Waals surface area contributed by atoms with Gasteiger partial charge in [-0.05, 0) is 31.4 Å². The van der Waals surface area contributed by atoms with E-state index in [0.717, 1.165) is 17.7 Å². The number of alkyl halides is 3. The van der Waals surface area contributed by atoms with Crippen molar-refractivity contribution < 1.29 is 27.9 Å². The van der Waals surface area contributed by atoms with Crippen LogP contribution in [0.25, 0.3) is 0 Å². The van der Waals surface area contributed by atoms with Crippen LogP contribution in [0.3, 0.4) is 0 Å². The van der Waals surface area contributed by atoms with Crippen molar-refractivity contribution in [3.63, 3.8) is 0 Å². The molecule has 1 aromatic rings. The number of carboxylic acids is 1. The van der Waals surface area contributed by atoms with Gasteiger partial charge in [0, 0.05) is 5.92 Å². The number of amides is 1. The minimum Gasteiger partial charge on any atom is -0.480 e. The first-order valence-electron chi connectivity index (χ1n) is 6.97. The number of benzene rings is 1. The number of carbonyl (C=O) groups excluding carboxylic acids is 1. The smallest absolute Gasteiger partial charge is 0.416 e. The van der Waals surface area contributed by atoms with Crippen LogP contribution in [0.15, 0.2) is 35.9 Å². The Balaban J connectivity index is 2.63.